The van der Waals surface area contributed by atoms with E-state index in [1.54, 1.807) is 9.80 Å². The van der Waals surface area contributed by atoms with Crippen molar-refractivity contribution in [2.24, 2.45) is 0 Å². The molecule has 2 fully saturated rings. The molecule has 2 aliphatic heterocycles. The van der Waals surface area contributed by atoms with E-state index < -0.39 is 0 Å². The predicted octanol–water partition coefficient (Wildman–Crippen LogP) is 1.09. The highest BCUT2D eigenvalue weighted by Gasteiger charge is 2.24. The quantitative estimate of drug-likeness (QED) is 0.680. The Labute approximate surface area is 158 Å². The first-order chi connectivity index (χ1) is 12.6. The second-order valence-corrected chi connectivity index (χ2v) is 7.91. The summed E-state index contributed by atoms with van der Waals surface area (Å²) in [6.45, 7) is 5.08. The van der Waals surface area contributed by atoms with E-state index in [0.29, 0.717) is 29.8 Å². The zero-order valence-electron chi connectivity index (χ0n) is 15.4. The number of likely N-dealkylation sites (tertiary alicyclic amines) is 1. The molecule has 0 aliphatic carbocycles. The SMILES string of the molecule is CN(CC(=O)NCCCN1CCCC1)c1nnc(N2CCCCC2=O)s1. The average molecular weight is 381 g/mol. The Kier molecular flexibility index (Phi) is 6.79. The Morgan fingerprint density at radius 1 is 1.19 bits per heavy atom. The van der Waals surface area contributed by atoms with Gasteiger partial charge in [0.1, 0.15) is 0 Å². The molecule has 3 rings (SSSR count). The molecule has 1 N–H and O–H groups in total. The standard InChI is InChI=1S/C17H28N6O2S/c1-21(13-14(24)18-8-6-11-22-9-4-5-10-22)16-19-20-17(26-16)23-12-3-2-7-15(23)25/h2-13H2,1H3,(H,18,24). The number of likely N-dealkylation sites (N-methyl/N-ethyl adjacent to an activating group) is 1. The summed E-state index contributed by atoms with van der Waals surface area (Å²) in [4.78, 5) is 30.0. The Bertz CT molecular complexity index is 616. The van der Waals surface area contributed by atoms with Gasteiger partial charge in [-0.15, -0.1) is 10.2 Å². The van der Waals surface area contributed by atoms with Crippen LogP contribution in [0.3, 0.4) is 0 Å². The maximum Gasteiger partial charge on any atom is 0.239 e. The van der Waals surface area contributed by atoms with E-state index in [0.717, 1.165) is 25.8 Å². The van der Waals surface area contributed by atoms with Crippen LogP contribution < -0.4 is 15.1 Å². The van der Waals surface area contributed by atoms with Gasteiger partial charge in [-0.1, -0.05) is 11.3 Å². The molecule has 0 saturated carbocycles. The van der Waals surface area contributed by atoms with E-state index in [-0.39, 0.29) is 18.4 Å². The highest BCUT2D eigenvalue weighted by Crippen LogP contribution is 2.28. The third-order valence-electron chi connectivity index (χ3n) is 4.84. The van der Waals surface area contributed by atoms with Gasteiger partial charge in [-0.2, -0.15) is 0 Å². The van der Waals surface area contributed by atoms with E-state index >= 15 is 0 Å². The lowest BCUT2D eigenvalue weighted by Gasteiger charge is -2.23. The largest absolute Gasteiger partial charge is 0.355 e. The maximum atomic E-state index is 12.1. The molecule has 0 atom stereocenters. The molecule has 1 aromatic heterocycles. The van der Waals surface area contributed by atoms with Gasteiger partial charge in [-0.3, -0.25) is 14.5 Å². The molecule has 0 aromatic carbocycles. The molecule has 0 radical (unpaired) electrons. The van der Waals surface area contributed by atoms with Crippen molar-refractivity contribution in [1.29, 1.82) is 0 Å². The van der Waals surface area contributed by atoms with Gasteiger partial charge in [0, 0.05) is 26.6 Å². The minimum atomic E-state index is -0.0141. The first kappa shape index (κ1) is 19.0. The lowest BCUT2D eigenvalue weighted by molar-refractivity contribution is -0.120. The van der Waals surface area contributed by atoms with Gasteiger partial charge in [0.25, 0.3) is 0 Å². The minimum Gasteiger partial charge on any atom is -0.355 e. The highest BCUT2D eigenvalue weighted by molar-refractivity contribution is 7.19. The van der Waals surface area contributed by atoms with Gasteiger partial charge in [0.2, 0.25) is 22.1 Å². The van der Waals surface area contributed by atoms with E-state index in [4.69, 9.17) is 0 Å². The van der Waals surface area contributed by atoms with Crippen LogP contribution in [-0.2, 0) is 9.59 Å². The third kappa shape index (κ3) is 5.14. The Balaban J connectivity index is 1.40. The molecule has 9 heteroatoms. The van der Waals surface area contributed by atoms with Crippen molar-refractivity contribution in [3.63, 3.8) is 0 Å². The number of amides is 2. The molecule has 0 spiro atoms. The van der Waals surface area contributed by atoms with Gasteiger partial charge >= 0.3 is 0 Å². The number of hydrogen-bond acceptors (Lipinski definition) is 7. The summed E-state index contributed by atoms with van der Waals surface area (Å²) in [5.74, 6) is 0.0945. The lowest BCUT2D eigenvalue weighted by Crippen LogP contribution is -2.36. The summed E-state index contributed by atoms with van der Waals surface area (Å²) in [7, 11) is 1.83. The van der Waals surface area contributed by atoms with E-state index in [2.05, 4.69) is 20.4 Å². The number of nitrogens with one attached hydrogen (secondary N) is 1. The molecule has 144 valence electrons. The van der Waals surface area contributed by atoms with Crippen LogP contribution in [0, 0.1) is 0 Å². The van der Waals surface area contributed by atoms with E-state index in [1.165, 1.54) is 37.3 Å². The van der Waals surface area contributed by atoms with Crippen LogP contribution in [0.1, 0.15) is 38.5 Å². The monoisotopic (exact) mass is 380 g/mol. The van der Waals surface area contributed by atoms with E-state index in [9.17, 15) is 9.59 Å². The van der Waals surface area contributed by atoms with Crippen LogP contribution >= 0.6 is 11.3 Å². The van der Waals surface area contributed by atoms with Gasteiger partial charge in [0.15, 0.2) is 0 Å². The second-order valence-electron chi connectivity index (χ2n) is 6.98. The number of aromatic nitrogens is 2. The molecule has 26 heavy (non-hydrogen) atoms. The Hall–Kier alpha value is -1.74. The Morgan fingerprint density at radius 2 is 1.96 bits per heavy atom. The average Bonchev–Trinajstić information content (AvgIpc) is 3.31. The number of carbonyl (C=O) groups is 2. The fourth-order valence-corrected chi connectivity index (χ4v) is 4.21. The van der Waals surface area contributed by atoms with Gasteiger partial charge in [-0.05, 0) is 51.7 Å². The topological polar surface area (TPSA) is 81.7 Å². The number of carbonyl (C=O) groups excluding carboxylic acids is 2. The molecule has 2 aliphatic rings. The lowest BCUT2D eigenvalue weighted by atomic mass is 10.1. The number of piperidine rings is 1. The Morgan fingerprint density at radius 3 is 2.73 bits per heavy atom. The van der Waals surface area contributed by atoms with Crippen LogP contribution in [-0.4, -0.2) is 73.2 Å². The van der Waals surface area contributed by atoms with Crippen molar-refractivity contribution in [1.82, 2.24) is 20.4 Å². The zero-order chi connectivity index (χ0) is 18.4. The fourth-order valence-electron chi connectivity index (χ4n) is 3.36. The number of anilines is 2. The van der Waals surface area contributed by atoms with Crippen LogP contribution in [0.4, 0.5) is 10.3 Å². The fraction of sp³-hybridized carbons (Fsp3) is 0.765. The van der Waals surface area contributed by atoms with Crippen LogP contribution in [0.15, 0.2) is 0 Å². The van der Waals surface area contributed by atoms with Crippen molar-refractivity contribution in [3.05, 3.63) is 0 Å². The second kappa shape index (κ2) is 9.27. The maximum absolute atomic E-state index is 12.1. The van der Waals surface area contributed by atoms with Crippen LogP contribution in [0.5, 0.6) is 0 Å². The van der Waals surface area contributed by atoms with Crippen molar-refractivity contribution >= 4 is 33.4 Å². The first-order valence-corrected chi connectivity index (χ1v) is 10.3. The number of rotatable bonds is 8. The van der Waals surface area contributed by atoms with Crippen LogP contribution in [0.25, 0.3) is 0 Å². The molecule has 0 unspecified atom stereocenters. The molecular formula is C17H28N6O2S. The van der Waals surface area contributed by atoms with E-state index in [1.807, 2.05) is 7.05 Å². The predicted molar refractivity (Wildman–Crippen MR) is 103 cm³/mol. The van der Waals surface area contributed by atoms with Crippen molar-refractivity contribution in [3.8, 4) is 0 Å². The summed E-state index contributed by atoms with van der Waals surface area (Å²) in [5, 5.41) is 12.5. The zero-order valence-corrected chi connectivity index (χ0v) is 16.3. The number of hydrogen-bond donors (Lipinski definition) is 1. The molecule has 0 bridgehead atoms. The molecule has 8 nitrogen and oxygen atoms in total. The summed E-state index contributed by atoms with van der Waals surface area (Å²) in [6.07, 6.45) is 6.09. The van der Waals surface area contributed by atoms with Crippen molar-refractivity contribution in [2.45, 2.75) is 38.5 Å². The van der Waals surface area contributed by atoms with Gasteiger partial charge in [0.05, 0.1) is 6.54 Å². The molecule has 3 heterocycles. The summed E-state index contributed by atoms with van der Waals surface area (Å²) in [5.41, 5.74) is 0. The third-order valence-corrected chi connectivity index (χ3v) is 5.90. The molecule has 2 amide bonds. The highest BCUT2D eigenvalue weighted by atomic mass is 32.1. The molecule has 1 aromatic rings. The van der Waals surface area contributed by atoms with Gasteiger partial charge < -0.3 is 15.1 Å². The summed E-state index contributed by atoms with van der Waals surface area (Å²) < 4.78 is 0. The normalized spacial score (nSPS) is 18.3. The first-order valence-electron chi connectivity index (χ1n) is 9.47. The van der Waals surface area contributed by atoms with Crippen molar-refractivity contribution < 1.29 is 9.59 Å². The number of nitrogens with zero attached hydrogens (tertiary/aromatic N) is 5. The molecular weight excluding hydrogens is 352 g/mol. The molecule has 2 saturated heterocycles. The van der Waals surface area contributed by atoms with Crippen LogP contribution in [0.2, 0.25) is 0 Å². The minimum absolute atomic E-state index is 0.0141. The smallest absolute Gasteiger partial charge is 0.239 e. The van der Waals surface area contributed by atoms with Crippen molar-refractivity contribution in [2.75, 3.05) is 56.1 Å². The van der Waals surface area contributed by atoms with Gasteiger partial charge in [-0.25, -0.2) is 0 Å². The summed E-state index contributed by atoms with van der Waals surface area (Å²) >= 11 is 1.36. The summed E-state index contributed by atoms with van der Waals surface area (Å²) in [6, 6.07) is 0.